The van der Waals surface area contributed by atoms with Gasteiger partial charge in [-0.05, 0) is 37.0 Å². The molecule has 1 fully saturated rings. The highest BCUT2D eigenvalue weighted by Gasteiger charge is 2.26. The number of hydrogen-bond donors (Lipinski definition) is 0. The summed E-state index contributed by atoms with van der Waals surface area (Å²) in [5.41, 5.74) is -1.01. The van der Waals surface area contributed by atoms with E-state index in [0.29, 0.717) is 47.2 Å². The first-order chi connectivity index (χ1) is 13.3. The van der Waals surface area contributed by atoms with Gasteiger partial charge >= 0.3 is 5.69 Å². The second-order valence-electron chi connectivity index (χ2n) is 6.86. The second kappa shape index (κ2) is 8.29. The summed E-state index contributed by atoms with van der Waals surface area (Å²) in [5, 5.41) is 10.5. The Morgan fingerprint density at radius 3 is 2.29 bits per heavy atom. The van der Waals surface area contributed by atoms with Crippen molar-refractivity contribution in [1.82, 2.24) is 9.13 Å². The fourth-order valence-electron chi connectivity index (χ4n) is 3.44. The number of nitriles is 1. The van der Waals surface area contributed by atoms with Crippen LogP contribution >= 0.6 is 23.2 Å². The van der Waals surface area contributed by atoms with Crippen LogP contribution in [-0.2, 0) is 14.1 Å². The van der Waals surface area contributed by atoms with Gasteiger partial charge < -0.3 is 9.64 Å². The molecule has 1 aliphatic heterocycles. The van der Waals surface area contributed by atoms with Crippen molar-refractivity contribution < 1.29 is 4.74 Å². The minimum atomic E-state index is -0.566. The highest BCUT2D eigenvalue weighted by molar-refractivity contribution is 6.34. The molecule has 2 aromatic rings. The maximum absolute atomic E-state index is 12.3. The predicted molar refractivity (Wildman–Crippen MR) is 109 cm³/mol. The predicted octanol–water partition coefficient (Wildman–Crippen LogP) is 2.56. The maximum atomic E-state index is 12.3. The van der Waals surface area contributed by atoms with Crippen LogP contribution in [0, 0.1) is 17.2 Å². The molecule has 0 aliphatic carbocycles. The lowest BCUT2D eigenvalue weighted by Crippen LogP contribution is -2.45. The summed E-state index contributed by atoms with van der Waals surface area (Å²) in [6.45, 7) is 1.77. The quantitative estimate of drug-likeness (QED) is 0.755. The monoisotopic (exact) mass is 422 g/mol. The van der Waals surface area contributed by atoms with E-state index < -0.39 is 11.2 Å². The molecule has 0 atom stereocenters. The second-order valence-corrected chi connectivity index (χ2v) is 7.74. The van der Waals surface area contributed by atoms with Crippen LogP contribution in [0.15, 0.2) is 27.8 Å². The number of benzene rings is 1. The SMILES string of the molecule is Cn1c(N2CCC(COc3cc(Cl)cc(Cl)c3)CC2)c(C#N)c(=O)n(C)c1=O. The topological polar surface area (TPSA) is 80.3 Å². The molecule has 0 unspecified atom stereocenters. The Labute approximate surface area is 172 Å². The minimum absolute atomic E-state index is 0.00660. The van der Waals surface area contributed by atoms with E-state index in [1.807, 2.05) is 11.0 Å². The molecule has 28 heavy (non-hydrogen) atoms. The Bertz CT molecular complexity index is 1030. The zero-order valence-corrected chi connectivity index (χ0v) is 17.1. The van der Waals surface area contributed by atoms with Crippen LogP contribution in [0.1, 0.15) is 18.4 Å². The summed E-state index contributed by atoms with van der Waals surface area (Å²) in [6.07, 6.45) is 1.62. The largest absolute Gasteiger partial charge is 0.493 e. The smallest absolute Gasteiger partial charge is 0.332 e. The molecule has 0 amide bonds. The lowest BCUT2D eigenvalue weighted by Gasteiger charge is -2.34. The van der Waals surface area contributed by atoms with Gasteiger partial charge in [0, 0.05) is 37.2 Å². The molecule has 1 aromatic heterocycles. The van der Waals surface area contributed by atoms with Gasteiger partial charge in [-0.1, -0.05) is 23.2 Å². The van der Waals surface area contributed by atoms with Crippen molar-refractivity contribution in [2.75, 3.05) is 24.6 Å². The number of ether oxygens (including phenoxy) is 1. The van der Waals surface area contributed by atoms with E-state index in [1.54, 1.807) is 25.2 Å². The average Bonchev–Trinajstić information content (AvgIpc) is 2.67. The van der Waals surface area contributed by atoms with E-state index in [1.165, 1.54) is 11.6 Å². The molecule has 7 nitrogen and oxygen atoms in total. The van der Waals surface area contributed by atoms with E-state index >= 15 is 0 Å². The minimum Gasteiger partial charge on any atom is -0.493 e. The summed E-state index contributed by atoms with van der Waals surface area (Å²) < 4.78 is 8.15. The number of anilines is 1. The van der Waals surface area contributed by atoms with Gasteiger partial charge in [-0.15, -0.1) is 0 Å². The van der Waals surface area contributed by atoms with Crippen molar-refractivity contribution in [3.05, 3.63) is 54.6 Å². The molecule has 3 rings (SSSR count). The molecule has 2 heterocycles. The summed E-state index contributed by atoms with van der Waals surface area (Å²) >= 11 is 12.0. The van der Waals surface area contributed by atoms with Crippen LogP contribution in [0.3, 0.4) is 0 Å². The number of halogens is 2. The van der Waals surface area contributed by atoms with Crippen LogP contribution in [-0.4, -0.2) is 28.8 Å². The van der Waals surface area contributed by atoms with Crippen LogP contribution in [0.4, 0.5) is 5.82 Å². The third-order valence-corrected chi connectivity index (χ3v) is 5.42. The molecule has 9 heteroatoms. The van der Waals surface area contributed by atoms with E-state index in [-0.39, 0.29) is 5.56 Å². The third-order valence-electron chi connectivity index (χ3n) is 4.98. The van der Waals surface area contributed by atoms with Crippen LogP contribution < -0.4 is 20.9 Å². The number of rotatable bonds is 4. The zero-order valence-electron chi connectivity index (χ0n) is 15.6. The van der Waals surface area contributed by atoms with Crippen molar-refractivity contribution in [2.24, 2.45) is 20.0 Å². The van der Waals surface area contributed by atoms with Crippen LogP contribution in [0.25, 0.3) is 0 Å². The van der Waals surface area contributed by atoms with Crippen molar-refractivity contribution in [2.45, 2.75) is 12.8 Å². The van der Waals surface area contributed by atoms with Crippen LogP contribution in [0.2, 0.25) is 10.0 Å². The molecule has 0 bridgehead atoms. The Kier molecular flexibility index (Phi) is 6.01. The fourth-order valence-corrected chi connectivity index (χ4v) is 3.94. The first-order valence-electron chi connectivity index (χ1n) is 8.85. The molecule has 148 valence electrons. The first-order valence-corrected chi connectivity index (χ1v) is 9.61. The zero-order chi connectivity index (χ0) is 20.4. The molecule has 1 saturated heterocycles. The van der Waals surface area contributed by atoms with Gasteiger partial charge in [0.2, 0.25) is 0 Å². The Morgan fingerprint density at radius 2 is 1.71 bits per heavy atom. The molecule has 1 aromatic carbocycles. The van der Waals surface area contributed by atoms with Crippen molar-refractivity contribution in [1.29, 1.82) is 5.26 Å². The first kappa shape index (κ1) is 20.3. The lowest BCUT2D eigenvalue weighted by atomic mass is 9.97. The summed E-state index contributed by atoms with van der Waals surface area (Å²) in [5.74, 6) is 1.32. The lowest BCUT2D eigenvalue weighted by molar-refractivity contribution is 0.222. The summed E-state index contributed by atoms with van der Waals surface area (Å²) in [4.78, 5) is 26.4. The molecule has 0 saturated carbocycles. The van der Waals surface area contributed by atoms with Gasteiger partial charge in [-0.3, -0.25) is 13.9 Å². The molecular formula is C19H20Cl2N4O3. The molecular weight excluding hydrogens is 403 g/mol. The highest BCUT2D eigenvalue weighted by atomic mass is 35.5. The number of aromatic nitrogens is 2. The third kappa shape index (κ3) is 4.03. The fraction of sp³-hybridized carbons (Fsp3) is 0.421. The Hall–Kier alpha value is -2.43. The van der Waals surface area contributed by atoms with Gasteiger partial charge in [-0.2, -0.15) is 5.26 Å². The molecule has 1 aliphatic rings. The van der Waals surface area contributed by atoms with Gasteiger partial charge in [0.05, 0.1) is 6.61 Å². The van der Waals surface area contributed by atoms with Crippen molar-refractivity contribution in [3.63, 3.8) is 0 Å². The molecule has 0 N–H and O–H groups in total. The van der Waals surface area contributed by atoms with Crippen molar-refractivity contribution >= 4 is 29.0 Å². The Morgan fingerprint density at radius 1 is 1.11 bits per heavy atom. The number of nitrogens with zero attached hydrogens (tertiary/aromatic N) is 4. The van der Waals surface area contributed by atoms with Gasteiger partial charge in [0.15, 0.2) is 5.56 Å². The Balaban J connectivity index is 1.70. The van der Waals surface area contributed by atoms with Gasteiger partial charge in [-0.25, -0.2) is 4.79 Å². The van der Waals surface area contributed by atoms with Gasteiger partial charge in [0.1, 0.15) is 17.6 Å². The molecule has 0 spiro atoms. The van der Waals surface area contributed by atoms with E-state index in [4.69, 9.17) is 27.9 Å². The highest BCUT2D eigenvalue weighted by Crippen LogP contribution is 2.27. The number of hydrogen-bond acceptors (Lipinski definition) is 5. The average molecular weight is 423 g/mol. The van der Waals surface area contributed by atoms with E-state index in [2.05, 4.69) is 0 Å². The number of piperidine rings is 1. The van der Waals surface area contributed by atoms with Crippen molar-refractivity contribution in [3.8, 4) is 11.8 Å². The van der Waals surface area contributed by atoms with E-state index in [0.717, 1.165) is 17.4 Å². The van der Waals surface area contributed by atoms with Crippen LogP contribution in [0.5, 0.6) is 5.75 Å². The summed E-state index contributed by atoms with van der Waals surface area (Å²) in [6, 6.07) is 7.04. The summed E-state index contributed by atoms with van der Waals surface area (Å²) in [7, 11) is 2.96. The standard InChI is InChI=1S/C19H20Cl2N4O3/c1-23-17(16(10-22)18(26)24(2)19(23)27)25-5-3-12(4-6-25)11-28-15-8-13(20)7-14(21)9-15/h7-9,12H,3-6,11H2,1-2H3. The van der Waals surface area contributed by atoms with E-state index in [9.17, 15) is 14.9 Å². The van der Waals surface area contributed by atoms with Gasteiger partial charge in [0.25, 0.3) is 5.56 Å². The normalized spacial score (nSPS) is 14.8. The molecule has 0 radical (unpaired) electrons. The maximum Gasteiger partial charge on any atom is 0.332 e.